The monoisotopic (exact) mass is 467 g/mol. The van der Waals surface area contributed by atoms with E-state index < -0.39 is 18.1 Å². The Morgan fingerprint density at radius 3 is 2.60 bits per heavy atom. The molecule has 0 unspecified atom stereocenters. The van der Waals surface area contributed by atoms with Crippen molar-refractivity contribution in [3.05, 3.63) is 21.0 Å². The normalized spacial score (nSPS) is 11.3. The minimum Gasteiger partial charge on any atom is -0.466 e. The highest BCUT2D eigenvalue weighted by Gasteiger charge is 2.33. The summed E-state index contributed by atoms with van der Waals surface area (Å²) in [7, 11) is 0. The summed E-state index contributed by atoms with van der Waals surface area (Å²) in [5, 5.41) is 0.103. The van der Waals surface area contributed by atoms with E-state index in [1.807, 2.05) is 22.6 Å². The summed E-state index contributed by atoms with van der Waals surface area (Å²) in [6, 6.07) is 0. The number of aromatic nitrogens is 1. The lowest BCUT2D eigenvalue weighted by Crippen LogP contribution is -2.19. The van der Waals surface area contributed by atoms with E-state index in [9.17, 15) is 18.0 Å². The molecule has 1 aromatic heterocycles. The fourth-order valence-corrected chi connectivity index (χ4v) is 2.71. The quantitative estimate of drug-likeness (QED) is 0.287. The zero-order chi connectivity index (χ0) is 15.3. The maximum absolute atomic E-state index is 12.3. The van der Waals surface area contributed by atoms with E-state index in [1.54, 1.807) is 6.92 Å². The van der Waals surface area contributed by atoms with Crippen molar-refractivity contribution in [1.82, 2.24) is 4.98 Å². The Balaban J connectivity index is 3.14. The minimum absolute atomic E-state index is 0.103. The first-order chi connectivity index (χ1) is 9.28. The summed E-state index contributed by atoms with van der Waals surface area (Å²) < 4.78 is 46.1. The van der Waals surface area contributed by atoms with E-state index in [-0.39, 0.29) is 23.9 Å². The molecule has 4 nitrogen and oxygen atoms in total. The number of esters is 1. The van der Waals surface area contributed by atoms with Crippen molar-refractivity contribution in [2.75, 3.05) is 6.61 Å². The Labute approximate surface area is 135 Å². The van der Waals surface area contributed by atoms with Crippen molar-refractivity contribution in [1.29, 1.82) is 0 Å². The van der Waals surface area contributed by atoms with Crippen molar-refractivity contribution in [3.63, 3.8) is 0 Å². The summed E-state index contributed by atoms with van der Waals surface area (Å²) in [4.78, 5) is 15.3. The fourth-order valence-electron chi connectivity index (χ4n) is 1.44. The number of hydrogen-bond donors (Lipinski definition) is 0. The molecular formula is C11H10BrF3INO3. The van der Waals surface area contributed by atoms with Gasteiger partial charge in [-0.3, -0.25) is 4.79 Å². The van der Waals surface area contributed by atoms with Crippen LogP contribution in [0.15, 0.2) is 6.20 Å². The molecule has 0 aliphatic heterocycles. The largest absolute Gasteiger partial charge is 0.573 e. The molecule has 0 radical (unpaired) electrons. The van der Waals surface area contributed by atoms with Gasteiger partial charge in [0.1, 0.15) is 3.70 Å². The van der Waals surface area contributed by atoms with Crippen molar-refractivity contribution in [3.8, 4) is 5.75 Å². The average Bonchev–Trinajstić information content (AvgIpc) is 2.32. The first kappa shape index (κ1) is 17.5. The van der Waals surface area contributed by atoms with Gasteiger partial charge in [-0.2, -0.15) is 0 Å². The van der Waals surface area contributed by atoms with Gasteiger partial charge in [0.2, 0.25) is 0 Å². The molecule has 0 saturated heterocycles. The maximum atomic E-state index is 12.3. The molecule has 112 valence electrons. The predicted octanol–water partition coefficient (Wildman–Crippen LogP) is 3.59. The second-order valence-corrected chi connectivity index (χ2v) is 5.12. The summed E-state index contributed by atoms with van der Waals surface area (Å²) in [6.45, 7) is 1.85. The number of pyridine rings is 1. The smallest absolute Gasteiger partial charge is 0.466 e. The van der Waals surface area contributed by atoms with Gasteiger partial charge >= 0.3 is 12.3 Å². The molecule has 9 heteroatoms. The average molecular weight is 468 g/mol. The summed E-state index contributed by atoms with van der Waals surface area (Å²) >= 11 is 4.95. The van der Waals surface area contributed by atoms with Crippen LogP contribution in [-0.4, -0.2) is 23.9 Å². The molecule has 1 rings (SSSR count). The molecule has 0 bridgehead atoms. The molecule has 20 heavy (non-hydrogen) atoms. The van der Waals surface area contributed by atoms with Gasteiger partial charge in [-0.15, -0.1) is 13.2 Å². The van der Waals surface area contributed by atoms with Crippen LogP contribution in [0.25, 0.3) is 0 Å². The molecule has 0 atom stereocenters. The highest BCUT2D eigenvalue weighted by atomic mass is 127. The number of halogens is 5. The van der Waals surface area contributed by atoms with Crippen LogP contribution < -0.4 is 4.74 Å². The third-order valence-electron chi connectivity index (χ3n) is 2.19. The first-order valence-corrected chi connectivity index (χ1v) is 7.62. The van der Waals surface area contributed by atoms with Crippen LogP contribution in [0.2, 0.25) is 0 Å². The third-order valence-corrected chi connectivity index (χ3v) is 3.68. The van der Waals surface area contributed by atoms with Gasteiger partial charge in [0.25, 0.3) is 0 Å². The Bertz CT molecular complexity index is 497. The van der Waals surface area contributed by atoms with E-state index in [0.717, 1.165) is 6.20 Å². The number of nitrogens with zero attached hydrogens (tertiary/aromatic N) is 1. The van der Waals surface area contributed by atoms with Crippen LogP contribution in [0.1, 0.15) is 18.1 Å². The molecule has 0 N–H and O–H groups in total. The second kappa shape index (κ2) is 7.43. The molecule has 0 saturated carbocycles. The van der Waals surface area contributed by atoms with E-state index in [1.165, 1.54) is 0 Å². The van der Waals surface area contributed by atoms with Gasteiger partial charge in [-0.05, 0) is 29.5 Å². The third kappa shape index (κ3) is 5.08. The van der Waals surface area contributed by atoms with Crippen molar-refractivity contribution >= 4 is 44.5 Å². The summed E-state index contributed by atoms with van der Waals surface area (Å²) in [5.41, 5.74) is 0.595. The molecule has 1 heterocycles. The van der Waals surface area contributed by atoms with Crippen LogP contribution >= 0.6 is 38.5 Å². The van der Waals surface area contributed by atoms with Gasteiger partial charge in [-0.25, -0.2) is 4.98 Å². The fraction of sp³-hybridized carbons (Fsp3) is 0.455. The van der Waals surface area contributed by atoms with E-state index >= 15 is 0 Å². The maximum Gasteiger partial charge on any atom is 0.573 e. The molecule has 0 spiro atoms. The zero-order valence-corrected chi connectivity index (χ0v) is 14.0. The Morgan fingerprint density at radius 1 is 1.45 bits per heavy atom. The number of hydrogen-bond acceptors (Lipinski definition) is 4. The molecule has 0 amide bonds. The minimum atomic E-state index is -4.81. The molecule has 1 aromatic rings. The zero-order valence-electron chi connectivity index (χ0n) is 10.3. The van der Waals surface area contributed by atoms with E-state index in [0.29, 0.717) is 9.26 Å². The highest BCUT2D eigenvalue weighted by Crippen LogP contribution is 2.31. The van der Waals surface area contributed by atoms with E-state index in [2.05, 4.69) is 25.7 Å². The van der Waals surface area contributed by atoms with Gasteiger partial charge in [0.15, 0.2) is 5.75 Å². The number of carbonyl (C=O) groups is 1. The SMILES string of the molecule is CCOC(=O)Cc1c(I)ncc(OC(F)(F)F)c1CBr. The molecule has 0 aliphatic carbocycles. The van der Waals surface area contributed by atoms with Gasteiger partial charge in [-0.1, -0.05) is 15.9 Å². The summed E-state index contributed by atoms with van der Waals surface area (Å²) in [5.74, 6) is -0.951. The van der Waals surface area contributed by atoms with Crippen molar-refractivity contribution in [2.24, 2.45) is 0 Å². The number of carbonyl (C=O) groups excluding carboxylic acids is 1. The van der Waals surface area contributed by atoms with Gasteiger partial charge < -0.3 is 9.47 Å². The van der Waals surface area contributed by atoms with Crippen molar-refractivity contribution < 1.29 is 27.4 Å². The highest BCUT2D eigenvalue weighted by molar-refractivity contribution is 14.1. The van der Waals surface area contributed by atoms with Gasteiger partial charge in [0, 0.05) is 16.5 Å². The van der Waals surface area contributed by atoms with Crippen LogP contribution in [0.3, 0.4) is 0 Å². The summed E-state index contributed by atoms with van der Waals surface area (Å²) in [6.07, 6.45) is -3.98. The molecule has 0 aliphatic rings. The van der Waals surface area contributed by atoms with Crippen LogP contribution in [0.5, 0.6) is 5.75 Å². The lowest BCUT2D eigenvalue weighted by atomic mass is 10.1. The van der Waals surface area contributed by atoms with Crippen molar-refractivity contribution in [2.45, 2.75) is 25.0 Å². The number of ether oxygens (including phenoxy) is 2. The van der Waals surface area contributed by atoms with Crippen LogP contribution in [0, 0.1) is 3.70 Å². The van der Waals surface area contributed by atoms with Crippen LogP contribution in [-0.2, 0) is 21.3 Å². The van der Waals surface area contributed by atoms with E-state index in [4.69, 9.17) is 4.74 Å². The predicted molar refractivity (Wildman–Crippen MR) is 76.6 cm³/mol. The van der Waals surface area contributed by atoms with Gasteiger partial charge in [0.05, 0.1) is 19.2 Å². The lowest BCUT2D eigenvalue weighted by Gasteiger charge is -2.15. The Morgan fingerprint density at radius 2 is 2.10 bits per heavy atom. The number of alkyl halides is 4. The van der Waals surface area contributed by atoms with Crippen LogP contribution in [0.4, 0.5) is 13.2 Å². The standard InChI is InChI=1S/C11H10BrF3INO3/c1-2-19-9(18)3-6-7(4-12)8(5-17-10(6)16)20-11(13,14)15/h5H,2-4H2,1H3. The first-order valence-electron chi connectivity index (χ1n) is 5.42. The lowest BCUT2D eigenvalue weighted by molar-refractivity contribution is -0.275. The Hall–Kier alpha value is -0.580. The second-order valence-electron chi connectivity index (χ2n) is 3.53. The number of rotatable bonds is 5. The molecular weight excluding hydrogens is 458 g/mol. The Kier molecular flexibility index (Phi) is 6.49. The molecule has 0 aromatic carbocycles. The molecule has 0 fully saturated rings. The topological polar surface area (TPSA) is 48.4 Å².